The lowest BCUT2D eigenvalue weighted by atomic mass is 10.1. The molecule has 2 heterocycles. The molecule has 1 aliphatic heterocycles. The fourth-order valence-corrected chi connectivity index (χ4v) is 3.69. The van der Waals surface area contributed by atoms with E-state index in [1.165, 1.54) is 23.3 Å². The van der Waals surface area contributed by atoms with Crippen molar-refractivity contribution < 1.29 is 4.39 Å². The number of hydrogen-bond donors (Lipinski definition) is 1. The van der Waals surface area contributed by atoms with Crippen molar-refractivity contribution in [2.45, 2.75) is 20.8 Å². The molecule has 1 fully saturated rings. The second kappa shape index (κ2) is 8.07. The molecule has 0 spiro atoms. The molecule has 0 radical (unpaired) electrons. The van der Waals surface area contributed by atoms with E-state index in [0.717, 1.165) is 49.1 Å². The minimum absolute atomic E-state index is 0.201. The van der Waals surface area contributed by atoms with Gasteiger partial charge in [0.05, 0.1) is 0 Å². The standard InChI is InChI=1S/C23H26FN5/c1-16-4-9-21(17(2)14-16)26-23-25-18(3)15-22(27-23)29-12-10-28(11-13-29)20-7-5-19(24)6-8-20/h4-9,14-15H,10-13H2,1-3H3,(H,25,26,27). The number of aromatic nitrogens is 2. The van der Waals surface area contributed by atoms with Gasteiger partial charge in [0.2, 0.25) is 5.95 Å². The average Bonchev–Trinajstić information content (AvgIpc) is 2.70. The predicted octanol–water partition coefficient (Wildman–Crippen LogP) is 4.61. The summed E-state index contributed by atoms with van der Waals surface area (Å²) in [5.74, 6) is 1.35. The van der Waals surface area contributed by atoms with Crippen LogP contribution in [-0.2, 0) is 0 Å². The summed E-state index contributed by atoms with van der Waals surface area (Å²) < 4.78 is 13.2. The van der Waals surface area contributed by atoms with Crippen LogP contribution in [0.15, 0.2) is 48.5 Å². The van der Waals surface area contributed by atoms with Crippen molar-refractivity contribution in [3.63, 3.8) is 0 Å². The molecule has 1 aromatic heterocycles. The zero-order valence-electron chi connectivity index (χ0n) is 17.1. The third-order valence-corrected chi connectivity index (χ3v) is 5.26. The van der Waals surface area contributed by atoms with E-state index in [0.29, 0.717) is 5.95 Å². The lowest BCUT2D eigenvalue weighted by Crippen LogP contribution is -2.46. The highest BCUT2D eigenvalue weighted by Gasteiger charge is 2.19. The van der Waals surface area contributed by atoms with Crippen molar-refractivity contribution in [1.29, 1.82) is 0 Å². The Morgan fingerprint density at radius 3 is 2.21 bits per heavy atom. The maximum absolute atomic E-state index is 13.2. The van der Waals surface area contributed by atoms with Crippen LogP contribution in [0.2, 0.25) is 0 Å². The third kappa shape index (κ3) is 4.47. The average molecular weight is 391 g/mol. The number of benzene rings is 2. The van der Waals surface area contributed by atoms with E-state index in [9.17, 15) is 4.39 Å². The Balaban J connectivity index is 1.47. The van der Waals surface area contributed by atoms with Gasteiger partial charge in [0, 0.05) is 49.3 Å². The van der Waals surface area contributed by atoms with Gasteiger partial charge in [0.15, 0.2) is 0 Å². The molecule has 0 bridgehead atoms. The molecular formula is C23H26FN5. The molecule has 0 aliphatic carbocycles. The smallest absolute Gasteiger partial charge is 0.229 e. The number of nitrogens with zero attached hydrogens (tertiary/aromatic N) is 4. The molecule has 6 heteroatoms. The second-order valence-corrected chi connectivity index (χ2v) is 7.59. The van der Waals surface area contributed by atoms with E-state index in [1.54, 1.807) is 0 Å². The van der Waals surface area contributed by atoms with Gasteiger partial charge in [-0.1, -0.05) is 17.7 Å². The fraction of sp³-hybridized carbons (Fsp3) is 0.304. The topological polar surface area (TPSA) is 44.3 Å². The van der Waals surface area contributed by atoms with Crippen LogP contribution in [0.3, 0.4) is 0 Å². The number of aryl methyl sites for hydroxylation is 3. The van der Waals surface area contributed by atoms with Gasteiger partial charge in [0.1, 0.15) is 11.6 Å². The lowest BCUT2D eigenvalue weighted by molar-refractivity contribution is 0.624. The summed E-state index contributed by atoms with van der Waals surface area (Å²) in [5, 5.41) is 3.36. The van der Waals surface area contributed by atoms with Crippen LogP contribution in [0, 0.1) is 26.6 Å². The predicted molar refractivity (Wildman–Crippen MR) is 117 cm³/mol. The molecule has 0 unspecified atom stereocenters. The van der Waals surface area contributed by atoms with Crippen molar-refractivity contribution in [3.8, 4) is 0 Å². The van der Waals surface area contributed by atoms with E-state index in [1.807, 2.05) is 25.1 Å². The third-order valence-electron chi connectivity index (χ3n) is 5.26. The van der Waals surface area contributed by atoms with E-state index >= 15 is 0 Å². The molecule has 3 aromatic rings. The molecule has 1 aliphatic rings. The first-order valence-corrected chi connectivity index (χ1v) is 9.93. The highest BCUT2D eigenvalue weighted by atomic mass is 19.1. The van der Waals surface area contributed by atoms with Crippen LogP contribution in [0.25, 0.3) is 0 Å². The Kier molecular flexibility index (Phi) is 5.34. The van der Waals surface area contributed by atoms with Gasteiger partial charge in [-0.25, -0.2) is 9.37 Å². The zero-order valence-corrected chi connectivity index (χ0v) is 17.1. The van der Waals surface area contributed by atoms with Crippen LogP contribution in [0.1, 0.15) is 16.8 Å². The monoisotopic (exact) mass is 391 g/mol. The summed E-state index contributed by atoms with van der Waals surface area (Å²) in [4.78, 5) is 13.9. The molecule has 1 saturated heterocycles. The van der Waals surface area contributed by atoms with Gasteiger partial charge in [0.25, 0.3) is 0 Å². The molecule has 0 amide bonds. The Morgan fingerprint density at radius 1 is 0.828 bits per heavy atom. The SMILES string of the molecule is Cc1ccc(Nc2nc(C)cc(N3CCN(c4ccc(F)cc4)CC3)n2)c(C)c1. The van der Waals surface area contributed by atoms with Crippen LogP contribution < -0.4 is 15.1 Å². The number of halogens is 1. The van der Waals surface area contributed by atoms with Crippen LogP contribution in [0.4, 0.5) is 27.5 Å². The summed E-state index contributed by atoms with van der Waals surface area (Å²) in [6, 6.07) is 15.0. The van der Waals surface area contributed by atoms with Gasteiger partial charge in [-0.15, -0.1) is 0 Å². The minimum Gasteiger partial charge on any atom is -0.368 e. The van der Waals surface area contributed by atoms with Gasteiger partial charge < -0.3 is 15.1 Å². The molecule has 150 valence electrons. The lowest BCUT2D eigenvalue weighted by Gasteiger charge is -2.36. The van der Waals surface area contributed by atoms with E-state index < -0.39 is 0 Å². The van der Waals surface area contributed by atoms with Crippen LogP contribution >= 0.6 is 0 Å². The molecule has 1 N–H and O–H groups in total. The Labute approximate surface area is 171 Å². The summed E-state index contributed by atoms with van der Waals surface area (Å²) >= 11 is 0. The van der Waals surface area contributed by atoms with Crippen molar-refractivity contribution in [3.05, 3.63) is 71.2 Å². The molecule has 4 rings (SSSR count). The van der Waals surface area contributed by atoms with Crippen LogP contribution in [-0.4, -0.2) is 36.1 Å². The molecule has 2 aromatic carbocycles. The first kappa shape index (κ1) is 19.2. The summed E-state index contributed by atoms with van der Waals surface area (Å²) in [7, 11) is 0. The van der Waals surface area contributed by atoms with E-state index in [-0.39, 0.29) is 5.82 Å². The molecule has 0 saturated carbocycles. The first-order valence-electron chi connectivity index (χ1n) is 9.93. The maximum atomic E-state index is 13.2. The van der Waals surface area contributed by atoms with Gasteiger partial charge in [-0.05, 0) is 56.7 Å². The van der Waals surface area contributed by atoms with Crippen molar-refractivity contribution >= 4 is 23.1 Å². The van der Waals surface area contributed by atoms with Gasteiger partial charge in [-0.2, -0.15) is 4.98 Å². The minimum atomic E-state index is -0.201. The van der Waals surface area contributed by atoms with Crippen molar-refractivity contribution in [2.24, 2.45) is 0 Å². The first-order chi connectivity index (χ1) is 14.0. The fourth-order valence-electron chi connectivity index (χ4n) is 3.69. The largest absolute Gasteiger partial charge is 0.368 e. The summed E-state index contributed by atoms with van der Waals surface area (Å²) in [6.07, 6.45) is 0. The number of rotatable bonds is 4. The number of piperazine rings is 1. The van der Waals surface area contributed by atoms with Gasteiger partial charge in [-0.3, -0.25) is 0 Å². The quantitative estimate of drug-likeness (QED) is 0.704. The zero-order chi connectivity index (χ0) is 20.4. The van der Waals surface area contributed by atoms with Crippen LogP contribution in [0.5, 0.6) is 0 Å². The number of anilines is 4. The number of nitrogens with one attached hydrogen (secondary N) is 1. The normalized spacial score (nSPS) is 14.2. The molecular weight excluding hydrogens is 365 g/mol. The van der Waals surface area contributed by atoms with Crippen molar-refractivity contribution in [1.82, 2.24) is 9.97 Å². The Bertz CT molecular complexity index is 995. The van der Waals surface area contributed by atoms with Crippen molar-refractivity contribution in [2.75, 3.05) is 41.3 Å². The second-order valence-electron chi connectivity index (χ2n) is 7.59. The van der Waals surface area contributed by atoms with E-state index in [4.69, 9.17) is 4.98 Å². The highest BCUT2D eigenvalue weighted by Crippen LogP contribution is 2.24. The molecule has 5 nitrogen and oxygen atoms in total. The molecule has 29 heavy (non-hydrogen) atoms. The Morgan fingerprint density at radius 2 is 1.52 bits per heavy atom. The van der Waals surface area contributed by atoms with E-state index in [2.05, 4.69) is 52.1 Å². The Hall–Kier alpha value is -3.15. The maximum Gasteiger partial charge on any atom is 0.229 e. The number of hydrogen-bond acceptors (Lipinski definition) is 5. The summed E-state index contributed by atoms with van der Waals surface area (Å²) in [6.45, 7) is 9.62. The van der Waals surface area contributed by atoms with Gasteiger partial charge >= 0.3 is 0 Å². The highest BCUT2D eigenvalue weighted by molar-refractivity contribution is 5.60. The summed E-state index contributed by atoms with van der Waals surface area (Å²) in [5.41, 5.74) is 5.42. The molecule has 0 atom stereocenters.